The molecular formula is C36H42O9. The molecule has 240 valence electrons. The lowest BCUT2D eigenvalue weighted by Crippen LogP contribution is -2.62. The first-order valence-electron chi connectivity index (χ1n) is 15.1. The van der Waals surface area contributed by atoms with Crippen molar-refractivity contribution in [2.45, 2.75) is 76.4 Å². The quantitative estimate of drug-likeness (QED) is 0.142. The summed E-state index contributed by atoms with van der Waals surface area (Å²) in [4.78, 5) is 24.3. The van der Waals surface area contributed by atoms with Gasteiger partial charge in [-0.1, -0.05) is 97.1 Å². The number of benzene rings is 3. The van der Waals surface area contributed by atoms with Crippen molar-refractivity contribution in [1.82, 2.24) is 0 Å². The van der Waals surface area contributed by atoms with E-state index in [1.165, 1.54) is 14.0 Å². The van der Waals surface area contributed by atoms with Gasteiger partial charge in [0.25, 0.3) is 0 Å². The van der Waals surface area contributed by atoms with E-state index in [0.29, 0.717) is 13.0 Å². The fourth-order valence-corrected chi connectivity index (χ4v) is 5.01. The van der Waals surface area contributed by atoms with Gasteiger partial charge in [0.05, 0.1) is 39.6 Å². The van der Waals surface area contributed by atoms with Crippen molar-refractivity contribution in [2.75, 3.05) is 13.7 Å². The van der Waals surface area contributed by atoms with Crippen molar-refractivity contribution < 1.29 is 42.7 Å². The molecular weight excluding hydrogens is 576 g/mol. The Bertz CT molecular complexity index is 1300. The van der Waals surface area contributed by atoms with E-state index in [9.17, 15) is 9.59 Å². The van der Waals surface area contributed by atoms with Crippen molar-refractivity contribution in [3.63, 3.8) is 0 Å². The Kier molecular flexibility index (Phi) is 13.8. The summed E-state index contributed by atoms with van der Waals surface area (Å²) in [5.41, 5.74) is 2.90. The van der Waals surface area contributed by atoms with Crippen LogP contribution in [0.25, 0.3) is 0 Å². The Balaban J connectivity index is 1.63. The highest BCUT2D eigenvalue weighted by atomic mass is 16.7. The number of carbonyl (C=O) groups is 2. The van der Waals surface area contributed by atoms with Crippen LogP contribution in [0.4, 0.5) is 0 Å². The van der Waals surface area contributed by atoms with Crippen molar-refractivity contribution in [3.05, 3.63) is 120 Å². The van der Waals surface area contributed by atoms with Gasteiger partial charge in [0.15, 0.2) is 12.4 Å². The molecule has 0 aliphatic carbocycles. The second-order valence-corrected chi connectivity index (χ2v) is 10.7. The first-order valence-corrected chi connectivity index (χ1v) is 15.1. The van der Waals surface area contributed by atoms with Gasteiger partial charge in [-0.15, -0.1) is 6.58 Å². The molecule has 0 spiro atoms. The monoisotopic (exact) mass is 618 g/mol. The summed E-state index contributed by atoms with van der Waals surface area (Å²) in [6, 6.07) is 29.3. The van der Waals surface area contributed by atoms with E-state index in [-0.39, 0.29) is 32.2 Å². The number of ether oxygens (including phenoxy) is 7. The summed E-state index contributed by atoms with van der Waals surface area (Å²) >= 11 is 0. The molecule has 9 nitrogen and oxygen atoms in total. The zero-order valence-corrected chi connectivity index (χ0v) is 25.8. The zero-order chi connectivity index (χ0) is 31.9. The number of rotatable bonds is 17. The van der Waals surface area contributed by atoms with Gasteiger partial charge >= 0.3 is 11.9 Å². The third-order valence-corrected chi connectivity index (χ3v) is 7.29. The molecule has 0 saturated carbocycles. The fraction of sp³-hybridized carbons (Fsp3) is 0.389. The van der Waals surface area contributed by atoms with E-state index in [1.54, 1.807) is 6.08 Å². The van der Waals surface area contributed by atoms with Crippen LogP contribution in [0.5, 0.6) is 0 Å². The molecule has 0 radical (unpaired) electrons. The number of hydrogen-bond acceptors (Lipinski definition) is 9. The molecule has 1 aliphatic heterocycles. The number of carbonyl (C=O) groups excluding carboxylic acids is 2. The molecule has 0 aromatic heterocycles. The average Bonchev–Trinajstić information content (AvgIpc) is 3.07. The maximum Gasteiger partial charge on any atom is 0.305 e. The maximum atomic E-state index is 12.4. The molecule has 1 saturated heterocycles. The Morgan fingerprint density at radius 2 is 1.33 bits per heavy atom. The minimum atomic E-state index is -1.07. The molecule has 0 N–H and O–H groups in total. The second kappa shape index (κ2) is 18.2. The fourth-order valence-electron chi connectivity index (χ4n) is 5.01. The zero-order valence-electron chi connectivity index (χ0n) is 25.8. The predicted molar refractivity (Wildman–Crippen MR) is 167 cm³/mol. The smallest absolute Gasteiger partial charge is 0.305 e. The van der Waals surface area contributed by atoms with Gasteiger partial charge in [0.1, 0.15) is 18.3 Å². The van der Waals surface area contributed by atoms with E-state index < -0.39 is 42.8 Å². The summed E-state index contributed by atoms with van der Waals surface area (Å²) in [7, 11) is 1.33. The molecule has 3 aromatic rings. The molecule has 0 amide bonds. The predicted octanol–water partition coefficient (Wildman–Crippen LogP) is 5.56. The average molecular weight is 619 g/mol. The van der Waals surface area contributed by atoms with E-state index in [1.807, 2.05) is 91.0 Å². The minimum Gasteiger partial charge on any atom is -0.469 e. The Labute approximate surface area is 265 Å². The largest absolute Gasteiger partial charge is 0.469 e. The second-order valence-electron chi connectivity index (χ2n) is 10.7. The Morgan fingerprint density at radius 1 is 0.800 bits per heavy atom. The van der Waals surface area contributed by atoms with Crippen LogP contribution in [-0.2, 0) is 62.6 Å². The topological polar surface area (TPSA) is 98.8 Å². The van der Waals surface area contributed by atoms with Gasteiger partial charge in [0.2, 0.25) is 0 Å². The molecule has 1 aliphatic rings. The van der Waals surface area contributed by atoms with Gasteiger partial charge in [-0.2, -0.15) is 0 Å². The lowest BCUT2D eigenvalue weighted by atomic mass is 9.97. The summed E-state index contributed by atoms with van der Waals surface area (Å²) < 4.78 is 42.6. The van der Waals surface area contributed by atoms with Crippen molar-refractivity contribution in [3.8, 4) is 0 Å². The minimum absolute atomic E-state index is 0.110. The van der Waals surface area contributed by atoms with Gasteiger partial charge in [-0.25, -0.2) is 0 Å². The molecule has 3 aromatic carbocycles. The van der Waals surface area contributed by atoms with E-state index >= 15 is 0 Å². The molecule has 1 fully saturated rings. The lowest BCUT2D eigenvalue weighted by Gasteiger charge is -2.46. The molecule has 45 heavy (non-hydrogen) atoms. The third kappa shape index (κ3) is 10.9. The van der Waals surface area contributed by atoms with E-state index in [0.717, 1.165) is 16.7 Å². The maximum absolute atomic E-state index is 12.4. The lowest BCUT2D eigenvalue weighted by molar-refractivity contribution is -0.326. The molecule has 9 heteroatoms. The Hall–Kier alpha value is -3.86. The Morgan fingerprint density at radius 3 is 1.84 bits per heavy atom. The van der Waals surface area contributed by atoms with E-state index in [2.05, 4.69) is 6.58 Å². The van der Waals surface area contributed by atoms with Crippen LogP contribution in [0.15, 0.2) is 104 Å². The van der Waals surface area contributed by atoms with Gasteiger partial charge < -0.3 is 33.2 Å². The van der Waals surface area contributed by atoms with Crippen LogP contribution >= 0.6 is 0 Å². The van der Waals surface area contributed by atoms with E-state index in [4.69, 9.17) is 33.2 Å². The summed E-state index contributed by atoms with van der Waals surface area (Å²) in [5, 5.41) is 0. The highest BCUT2D eigenvalue weighted by molar-refractivity contribution is 5.69. The van der Waals surface area contributed by atoms with Crippen molar-refractivity contribution in [1.29, 1.82) is 0 Å². The van der Waals surface area contributed by atoms with Gasteiger partial charge in [-0.05, 0) is 23.1 Å². The summed E-state index contributed by atoms with van der Waals surface area (Å²) in [5.74, 6) is -0.909. The van der Waals surface area contributed by atoms with Crippen LogP contribution in [0, 0.1) is 0 Å². The first-order chi connectivity index (χ1) is 22.0. The van der Waals surface area contributed by atoms with Crippen LogP contribution < -0.4 is 0 Å². The third-order valence-electron chi connectivity index (χ3n) is 7.29. The normalized spacial score (nSPS) is 21.9. The van der Waals surface area contributed by atoms with Crippen molar-refractivity contribution in [2.24, 2.45) is 0 Å². The van der Waals surface area contributed by atoms with Crippen LogP contribution in [0.1, 0.15) is 36.5 Å². The molecule has 6 atom stereocenters. The van der Waals surface area contributed by atoms with Crippen LogP contribution in [0.2, 0.25) is 0 Å². The van der Waals surface area contributed by atoms with Crippen molar-refractivity contribution >= 4 is 11.9 Å². The van der Waals surface area contributed by atoms with Gasteiger partial charge in [0, 0.05) is 13.3 Å². The number of esters is 2. The number of methoxy groups -OCH3 is 1. The van der Waals surface area contributed by atoms with Crippen LogP contribution in [-0.4, -0.2) is 62.5 Å². The highest BCUT2D eigenvalue weighted by Crippen LogP contribution is 2.32. The molecule has 1 heterocycles. The molecule has 0 bridgehead atoms. The van der Waals surface area contributed by atoms with Gasteiger partial charge in [-0.3, -0.25) is 9.59 Å². The highest BCUT2D eigenvalue weighted by Gasteiger charge is 2.50. The summed E-state index contributed by atoms with van der Waals surface area (Å²) in [6.45, 7) is 6.19. The molecule has 4 rings (SSSR count). The number of hydrogen-bond donors (Lipinski definition) is 0. The standard InChI is InChI=1S/C36H42O9/c1-4-30(20-21-32(38)39-3)44-36-35(43-26(2)37)34(42-24-29-18-12-7-13-19-29)33(41-23-28-16-10-6-11-17-28)31(45-36)25-40-22-27-14-8-5-9-15-27/h4-19,30-31,33-36H,1,20-25H2,2-3H3/t30-,31-,33-,34+,35-,36-/m1/s1. The van der Waals surface area contributed by atoms with Crippen LogP contribution in [0.3, 0.4) is 0 Å². The molecule has 0 unspecified atom stereocenters. The summed E-state index contributed by atoms with van der Waals surface area (Å²) in [6.07, 6.45) is -2.86. The first kappa shape index (κ1) is 34.0. The SMILES string of the molecule is C=C[C@H](CCC(=O)OC)O[C@@H]1O[C@H](COCc2ccccc2)[C@@H](OCc2ccccc2)[C@H](OCc2ccccc2)[C@H]1OC(C)=O.